The van der Waals surface area contributed by atoms with Gasteiger partial charge in [-0.2, -0.15) is 13.2 Å². The molecule has 0 amide bonds. The molecule has 4 nitrogen and oxygen atoms in total. The third-order valence-corrected chi connectivity index (χ3v) is 3.10. The number of aromatic nitrogens is 2. The number of benzene rings is 1. The van der Waals surface area contributed by atoms with Gasteiger partial charge in [-0.25, -0.2) is 9.97 Å². The zero-order chi connectivity index (χ0) is 14.5. The second kappa shape index (κ2) is 4.03. The summed E-state index contributed by atoms with van der Waals surface area (Å²) in [6.45, 7) is 0. The second-order valence-corrected chi connectivity index (χ2v) is 4.29. The van der Waals surface area contributed by atoms with Crippen LogP contribution in [0.5, 0.6) is 0 Å². The summed E-state index contributed by atoms with van der Waals surface area (Å²) in [7, 11) is 1.69. The Kier molecular flexibility index (Phi) is 2.53. The number of anilines is 1. The first kappa shape index (κ1) is 12.6. The van der Waals surface area contributed by atoms with Gasteiger partial charge in [0, 0.05) is 30.1 Å². The molecule has 1 aromatic carbocycles. The van der Waals surface area contributed by atoms with Crippen LogP contribution in [0.1, 0.15) is 21.9 Å². The predicted molar refractivity (Wildman–Crippen MR) is 65.4 cm³/mol. The molecule has 0 fully saturated rings. The number of rotatable bonds is 1. The lowest BCUT2D eigenvalue weighted by Gasteiger charge is -2.05. The van der Waals surface area contributed by atoms with Crippen LogP contribution in [-0.2, 0) is 6.18 Å². The Morgan fingerprint density at radius 3 is 2.55 bits per heavy atom. The Hall–Kier alpha value is -2.44. The van der Waals surface area contributed by atoms with E-state index in [4.69, 9.17) is 0 Å². The van der Waals surface area contributed by atoms with Gasteiger partial charge in [-0.3, -0.25) is 4.79 Å². The maximum Gasteiger partial charge on any atom is 0.451 e. The molecule has 1 heterocycles. The summed E-state index contributed by atoms with van der Waals surface area (Å²) in [5, 5.41) is 2.87. The fourth-order valence-electron chi connectivity index (χ4n) is 2.14. The fourth-order valence-corrected chi connectivity index (χ4v) is 2.14. The highest BCUT2D eigenvalue weighted by Gasteiger charge is 2.38. The highest BCUT2D eigenvalue weighted by atomic mass is 19.4. The lowest BCUT2D eigenvalue weighted by atomic mass is 10.1. The van der Waals surface area contributed by atoms with Gasteiger partial charge in [0.1, 0.15) is 5.69 Å². The standard InChI is InChI=1S/C13H8F3N3O/c1-17-6-2-3-7-8(4-6)11(20)10-9(7)5-18-12(19-10)13(14,15)16/h2-5,17H,1H3. The summed E-state index contributed by atoms with van der Waals surface area (Å²) in [4.78, 5) is 18.8. The third kappa shape index (κ3) is 1.74. The normalized spacial score (nSPS) is 13.1. The summed E-state index contributed by atoms with van der Waals surface area (Å²) in [6.07, 6.45) is -3.62. The average Bonchev–Trinajstić information content (AvgIpc) is 2.70. The molecule has 0 spiro atoms. The molecular formula is C13H8F3N3O. The monoisotopic (exact) mass is 279 g/mol. The van der Waals surface area contributed by atoms with Crippen LogP contribution >= 0.6 is 0 Å². The lowest BCUT2D eigenvalue weighted by Crippen LogP contribution is -2.13. The van der Waals surface area contributed by atoms with Crippen molar-refractivity contribution in [2.45, 2.75) is 6.18 Å². The van der Waals surface area contributed by atoms with E-state index in [2.05, 4.69) is 15.3 Å². The van der Waals surface area contributed by atoms with Gasteiger partial charge in [-0.15, -0.1) is 0 Å². The van der Waals surface area contributed by atoms with Gasteiger partial charge in [0.25, 0.3) is 0 Å². The van der Waals surface area contributed by atoms with Gasteiger partial charge in [-0.05, 0) is 17.7 Å². The summed E-state index contributed by atoms with van der Waals surface area (Å²) >= 11 is 0. The molecule has 1 N–H and O–H groups in total. The van der Waals surface area contributed by atoms with Crippen molar-refractivity contribution >= 4 is 11.5 Å². The number of hydrogen-bond acceptors (Lipinski definition) is 4. The van der Waals surface area contributed by atoms with Gasteiger partial charge >= 0.3 is 6.18 Å². The number of nitrogens with zero attached hydrogens (tertiary/aromatic N) is 2. The zero-order valence-electron chi connectivity index (χ0n) is 10.2. The summed E-state index contributed by atoms with van der Waals surface area (Å²) in [5.74, 6) is -1.81. The van der Waals surface area contributed by atoms with Crippen LogP contribution in [0.3, 0.4) is 0 Å². The van der Waals surface area contributed by atoms with Crippen molar-refractivity contribution in [3.05, 3.63) is 41.5 Å². The minimum Gasteiger partial charge on any atom is -0.388 e. The van der Waals surface area contributed by atoms with E-state index in [0.29, 0.717) is 22.4 Å². The van der Waals surface area contributed by atoms with E-state index in [-0.39, 0.29) is 5.69 Å². The van der Waals surface area contributed by atoms with Crippen molar-refractivity contribution in [2.24, 2.45) is 0 Å². The van der Waals surface area contributed by atoms with Gasteiger partial charge in [-0.1, -0.05) is 6.07 Å². The highest BCUT2D eigenvalue weighted by Crippen LogP contribution is 2.38. The van der Waals surface area contributed by atoms with Gasteiger partial charge in [0.2, 0.25) is 11.6 Å². The molecule has 7 heteroatoms. The number of nitrogens with one attached hydrogen (secondary N) is 1. The van der Waals surface area contributed by atoms with Gasteiger partial charge < -0.3 is 5.32 Å². The molecule has 2 aromatic rings. The van der Waals surface area contributed by atoms with E-state index in [0.717, 1.165) is 6.20 Å². The fraction of sp³-hybridized carbons (Fsp3) is 0.154. The van der Waals surface area contributed by atoms with Gasteiger partial charge in [0.15, 0.2) is 0 Å². The van der Waals surface area contributed by atoms with Crippen LogP contribution in [0.4, 0.5) is 18.9 Å². The van der Waals surface area contributed by atoms with Crippen LogP contribution in [-0.4, -0.2) is 22.8 Å². The molecule has 0 radical (unpaired) electrons. The quantitative estimate of drug-likeness (QED) is 0.744. The highest BCUT2D eigenvalue weighted by molar-refractivity contribution is 6.20. The van der Waals surface area contributed by atoms with Crippen molar-refractivity contribution in [1.82, 2.24) is 9.97 Å². The Balaban J connectivity index is 2.18. The third-order valence-electron chi connectivity index (χ3n) is 3.10. The number of ketones is 1. The van der Waals surface area contributed by atoms with Gasteiger partial charge in [0.05, 0.1) is 0 Å². The molecule has 0 atom stereocenters. The largest absolute Gasteiger partial charge is 0.451 e. The molecule has 0 unspecified atom stereocenters. The van der Waals surface area contributed by atoms with Crippen molar-refractivity contribution in [3.63, 3.8) is 0 Å². The minimum atomic E-state index is -4.67. The van der Waals surface area contributed by atoms with E-state index in [1.807, 2.05) is 0 Å². The Morgan fingerprint density at radius 1 is 1.15 bits per heavy atom. The molecule has 3 rings (SSSR count). The summed E-state index contributed by atoms with van der Waals surface area (Å²) < 4.78 is 37.8. The number of carbonyl (C=O) groups is 1. The van der Waals surface area contributed by atoms with E-state index in [1.54, 1.807) is 25.2 Å². The van der Waals surface area contributed by atoms with Crippen molar-refractivity contribution < 1.29 is 18.0 Å². The van der Waals surface area contributed by atoms with E-state index in [9.17, 15) is 18.0 Å². The number of fused-ring (bicyclic) bond motifs is 3. The van der Waals surface area contributed by atoms with E-state index < -0.39 is 17.8 Å². The molecule has 0 bridgehead atoms. The zero-order valence-corrected chi connectivity index (χ0v) is 10.2. The first-order valence-corrected chi connectivity index (χ1v) is 5.73. The maximum absolute atomic E-state index is 12.6. The Labute approximate surface area is 111 Å². The smallest absolute Gasteiger partial charge is 0.388 e. The average molecular weight is 279 g/mol. The van der Waals surface area contributed by atoms with Crippen LogP contribution in [0.2, 0.25) is 0 Å². The van der Waals surface area contributed by atoms with Crippen LogP contribution in [0.25, 0.3) is 11.1 Å². The minimum absolute atomic E-state index is 0.199. The molecule has 102 valence electrons. The molecule has 20 heavy (non-hydrogen) atoms. The van der Waals surface area contributed by atoms with Crippen LogP contribution in [0.15, 0.2) is 24.4 Å². The number of halogens is 3. The maximum atomic E-state index is 12.6. The lowest BCUT2D eigenvalue weighted by molar-refractivity contribution is -0.145. The molecule has 1 aromatic heterocycles. The predicted octanol–water partition coefficient (Wildman–Crippen LogP) is 2.75. The van der Waals surface area contributed by atoms with Crippen LogP contribution < -0.4 is 5.32 Å². The van der Waals surface area contributed by atoms with Crippen LogP contribution in [0, 0.1) is 0 Å². The number of hydrogen-bond donors (Lipinski definition) is 1. The van der Waals surface area contributed by atoms with E-state index in [1.165, 1.54) is 0 Å². The number of alkyl halides is 3. The summed E-state index contributed by atoms with van der Waals surface area (Å²) in [6, 6.07) is 4.99. The molecule has 0 saturated heterocycles. The molecule has 0 saturated carbocycles. The van der Waals surface area contributed by atoms with Crippen molar-refractivity contribution in [3.8, 4) is 11.1 Å². The van der Waals surface area contributed by atoms with Crippen molar-refractivity contribution in [2.75, 3.05) is 12.4 Å². The Morgan fingerprint density at radius 2 is 1.90 bits per heavy atom. The second-order valence-electron chi connectivity index (χ2n) is 4.29. The Bertz CT molecular complexity index is 725. The number of carbonyl (C=O) groups excluding carboxylic acids is 1. The molecule has 1 aliphatic carbocycles. The topological polar surface area (TPSA) is 54.9 Å². The summed E-state index contributed by atoms with van der Waals surface area (Å²) in [5.41, 5.74) is 1.73. The molecular weight excluding hydrogens is 271 g/mol. The molecule has 1 aliphatic rings. The SMILES string of the molecule is CNc1ccc2c(c1)C(=O)c1nc(C(F)(F)F)ncc1-2. The first-order valence-electron chi connectivity index (χ1n) is 5.73. The van der Waals surface area contributed by atoms with Crippen molar-refractivity contribution in [1.29, 1.82) is 0 Å². The first-order chi connectivity index (χ1) is 9.41. The molecule has 0 aliphatic heterocycles. The van der Waals surface area contributed by atoms with E-state index >= 15 is 0 Å².